The Kier molecular flexibility index (Phi) is 33.2. The highest BCUT2D eigenvalue weighted by atomic mass is 15.1. The smallest absolute Gasteiger partial charge is 0.115 e. The van der Waals surface area contributed by atoms with E-state index in [9.17, 15) is 0 Å². The third-order valence-electron chi connectivity index (χ3n) is 8.72. The van der Waals surface area contributed by atoms with E-state index in [1.165, 1.54) is 80.5 Å². The van der Waals surface area contributed by atoms with Crippen molar-refractivity contribution in [3.63, 3.8) is 0 Å². The van der Waals surface area contributed by atoms with E-state index in [2.05, 4.69) is 167 Å². The van der Waals surface area contributed by atoms with Crippen molar-refractivity contribution in [2.24, 2.45) is 5.92 Å². The molecule has 0 unspecified atom stereocenters. The predicted octanol–water partition coefficient (Wildman–Crippen LogP) is 14.2. The van der Waals surface area contributed by atoms with Crippen LogP contribution < -0.4 is 0 Å². The molecule has 0 amide bonds. The number of nitrogens with zero attached hydrogens (tertiary/aromatic N) is 5. The van der Waals surface area contributed by atoms with Crippen molar-refractivity contribution in [2.75, 3.05) is 0 Å². The summed E-state index contributed by atoms with van der Waals surface area (Å²) in [6.07, 6.45) is 23.9. The van der Waals surface area contributed by atoms with Crippen molar-refractivity contribution in [1.29, 1.82) is 0 Å². The van der Waals surface area contributed by atoms with Gasteiger partial charge in [-0.1, -0.05) is 93.8 Å². The minimum atomic E-state index is 1.03. The number of aromatic amines is 1. The maximum atomic E-state index is 4.60. The van der Waals surface area contributed by atoms with Crippen LogP contribution in [0, 0.1) is 94.4 Å². The molecular weight excluding hydrogens is 733 g/mol. The van der Waals surface area contributed by atoms with Crippen LogP contribution in [0.4, 0.5) is 0 Å². The number of allylic oxidation sites excluding steroid dienone is 1. The van der Waals surface area contributed by atoms with Crippen molar-refractivity contribution in [3.8, 4) is 12.3 Å². The van der Waals surface area contributed by atoms with Gasteiger partial charge in [0.05, 0.1) is 0 Å². The molecule has 0 saturated heterocycles. The molecule has 0 radical (unpaired) electrons. The molecule has 6 aromatic rings. The number of aryl methyl sites for hydroxylation is 11. The van der Waals surface area contributed by atoms with Crippen LogP contribution >= 0.6 is 0 Å². The number of benzene rings is 2. The van der Waals surface area contributed by atoms with E-state index in [0.717, 1.165) is 30.0 Å². The second-order valence-corrected chi connectivity index (χ2v) is 15.0. The summed E-state index contributed by atoms with van der Waals surface area (Å²) < 4.78 is 0. The van der Waals surface area contributed by atoms with E-state index in [1.807, 2.05) is 59.3 Å². The third-order valence-corrected chi connectivity index (χ3v) is 8.72. The van der Waals surface area contributed by atoms with Gasteiger partial charge in [-0.25, -0.2) is 9.97 Å². The summed E-state index contributed by atoms with van der Waals surface area (Å²) in [6.45, 7) is 36.4. The average Bonchev–Trinajstić information content (AvgIpc) is 3.86. The lowest BCUT2D eigenvalue weighted by Gasteiger charge is -2.06. The molecule has 0 aliphatic heterocycles. The number of terminal acetylenes is 1. The number of nitrogens with one attached hydrogen (secondary N) is 1. The molecule has 0 bridgehead atoms. The molecular formula is C54H78N6. The minimum absolute atomic E-state index is 1.03. The van der Waals surface area contributed by atoms with Crippen molar-refractivity contribution >= 4 is 0 Å². The predicted molar refractivity (Wildman–Crippen MR) is 262 cm³/mol. The van der Waals surface area contributed by atoms with Gasteiger partial charge in [-0.15, -0.1) is 18.9 Å². The normalized spacial score (nSPS) is 9.98. The fourth-order valence-corrected chi connectivity index (χ4v) is 4.60. The van der Waals surface area contributed by atoms with Gasteiger partial charge in [0.1, 0.15) is 6.33 Å². The zero-order valence-electron chi connectivity index (χ0n) is 40.2. The lowest BCUT2D eigenvalue weighted by atomic mass is 10.0. The first-order valence-electron chi connectivity index (χ1n) is 21.0. The SMILES string of the molecule is C#CC.C=CC.CC1CC1.CCc1ccc(C)cc1.CCc1ncc(C)cc1C.Cc1ccc(C)c(C)c1C.Cc1ccn[nH]1.Cc1cncc(C)c1.Cc1cncnc1. The number of H-pyrrole nitrogens is 1. The number of aromatic nitrogens is 6. The van der Waals surface area contributed by atoms with Gasteiger partial charge in [-0.05, 0) is 170 Å². The first kappa shape index (κ1) is 56.4. The van der Waals surface area contributed by atoms with Crippen LogP contribution in [0.15, 0.2) is 111 Å². The van der Waals surface area contributed by atoms with E-state index in [1.54, 1.807) is 31.6 Å². The van der Waals surface area contributed by atoms with Gasteiger partial charge in [0, 0.05) is 48.6 Å². The first-order chi connectivity index (χ1) is 28.5. The number of rotatable bonds is 2. The van der Waals surface area contributed by atoms with E-state index < -0.39 is 0 Å². The van der Waals surface area contributed by atoms with Gasteiger partial charge < -0.3 is 0 Å². The molecule has 1 N–H and O–H groups in total. The van der Waals surface area contributed by atoms with Crippen LogP contribution in [0.2, 0.25) is 0 Å². The molecule has 2 aromatic carbocycles. The Bertz CT molecular complexity index is 1940. The molecule has 0 atom stereocenters. The highest BCUT2D eigenvalue weighted by Gasteiger charge is 2.12. The number of hydrogen-bond donors (Lipinski definition) is 1. The minimum Gasteiger partial charge on any atom is -0.283 e. The Hall–Kier alpha value is -5.67. The Balaban J connectivity index is 0. The third kappa shape index (κ3) is 31.3. The fraction of sp³-hybridized carbons (Fsp3) is 0.389. The van der Waals surface area contributed by atoms with Crippen molar-refractivity contribution in [3.05, 3.63) is 183 Å². The zero-order valence-corrected chi connectivity index (χ0v) is 40.2. The van der Waals surface area contributed by atoms with Crippen LogP contribution in [-0.2, 0) is 12.8 Å². The van der Waals surface area contributed by atoms with Gasteiger partial charge >= 0.3 is 0 Å². The number of hydrogen-bond acceptors (Lipinski definition) is 5. The molecule has 6 heteroatoms. The lowest BCUT2D eigenvalue weighted by molar-refractivity contribution is 0.983. The molecule has 60 heavy (non-hydrogen) atoms. The standard InChI is InChI=1S/C10H14.C9H13N.C9H12.C7H9N.C5H6N2.C4H6N2.C4H8.C3H6.C3H4/c1-7-5-6-8(2)10(4)9(7)3;1-4-9-8(3)5-7(2)6-10-9;1-3-9-6-4-8(2)5-7-9;1-6-3-7(2)5-8-4-6;1-5-2-6-4-7-3-5;1-4-2-3-5-6-4;1-4-2-3-4;2*1-3-2/h5-6H,1-4H3;5-6H,4H2,1-3H3;4-7H,3H2,1-2H3;3-5H,1-2H3;2-4H,1H3;2-3H,1H3,(H,5,6);4H,2-3H2,1H3;3H,1H2,2H3;1H,2H3. The molecule has 4 aromatic heterocycles. The van der Waals surface area contributed by atoms with Crippen LogP contribution in [0.5, 0.6) is 0 Å². The molecule has 1 saturated carbocycles. The van der Waals surface area contributed by atoms with Crippen LogP contribution in [0.3, 0.4) is 0 Å². The summed E-state index contributed by atoms with van der Waals surface area (Å²) in [6, 6.07) is 19.2. The molecule has 6 nitrogen and oxygen atoms in total. The lowest BCUT2D eigenvalue weighted by Crippen LogP contribution is -1.91. The quantitative estimate of drug-likeness (QED) is 0.139. The topological polar surface area (TPSA) is 80.2 Å². The van der Waals surface area contributed by atoms with Gasteiger partial charge in [0.25, 0.3) is 0 Å². The molecule has 1 aliphatic carbocycles. The highest BCUT2D eigenvalue weighted by Crippen LogP contribution is 2.26. The molecule has 4 heterocycles. The highest BCUT2D eigenvalue weighted by molar-refractivity contribution is 5.37. The Morgan fingerprint density at radius 1 is 0.650 bits per heavy atom. The van der Waals surface area contributed by atoms with Crippen molar-refractivity contribution < 1.29 is 0 Å². The summed E-state index contributed by atoms with van der Waals surface area (Å²) >= 11 is 0. The largest absolute Gasteiger partial charge is 0.283 e. The van der Waals surface area contributed by atoms with E-state index >= 15 is 0 Å². The summed E-state index contributed by atoms with van der Waals surface area (Å²) in [5, 5.41) is 6.45. The molecule has 7 rings (SSSR count). The van der Waals surface area contributed by atoms with Crippen LogP contribution in [-0.4, -0.2) is 30.1 Å². The summed E-state index contributed by atoms with van der Waals surface area (Å²) in [4.78, 5) is 15.8. The number of pyridine rings is 2. The van der Waals surface area contributed by atoms with E-state index in [-0.39, 0.29) is 0 Å². The van der Waals surface area contributed by atoms with Crippen LogP contribution in [0.1, 0.15) is 120 Å². The molecule has 1 aliphatic rings. The maximum Gasteiger partial charge on any atom is 0.115 e. The van der Waals surface area contributed by atoms with Crippen molar-refractivity contribution in [1.82, 2.24) is 30.1 Å². The van der Waals surface area contributed by atoms with Gasteiger partial charge in [-0.3, -0.25) is 15.1 Å². The second-order valence-electron chi connectivity index (χ2n) is 15.0. The second kappa shape index (κ2) is 35.3. The molecule has 324 valence electrons. The first-order valence-corrected chi connectivity index (χ1v) is 21.0. The Labute approximate surface area is 366 Å². The summed E-state index contributed by atoms with van der Waals surface area (Å²) in [5.74, 6) is 3.33. The molecule has 0 spiro atoms. The van der Waals surface area contributed by atoms with Gasteiger partial charge in [0.15, 0.2) is 0 Å². The van der Waals surface area contributed by atoms with E-state index in [4.69, 9.17) is 0 Å². The monoisotopic (exact) mass is 811 g/mol. The van der Waals surface area contributed by atoms with Gasteiger partial charge in [-0.2, -0.15) is 5.10 Å². The zero-order chi connectivity index (χ0) is 45.9. The summed E-state index contributed by atoms with van der Waals surface area (Å²) in [5.41, 5.74) is 16.8. The Morgan fingerprint density at radius 3 is 1.38 bits per heavy atom. The average molecular weight is 811 g/mol. The van der Waals surface area contributed by atoms with Crippen LogP contribution in [0.25, 0.3) is 0 Å². The van der Waals surface area contributed by atoms with E-state index in [0.29, 0.717) is 0 Å². The van der Waals surface area contributed by atoms with Crippen molar-refractivity contribution in [2.45, 2.75) is 136 Å². The van der Waals surface area contributed by atoms with Gasteiger partial charge in [0.2, 0.25) is 0 Å². The maximum absolute atomic E-state index is 4.60. The fourth-order valence-electron chi connectivity index (χ4n) is 4.60. The molecule has 1 fully saturated rings. The summed E-state index contributed by atoms with van der Waals surface area (Å²) in [7, 11) is 0. The Morgan fingerprint density at radius 2 is 1.10 bits per heavy atom.